The first-order valence-electron chi connectivity index (χ1n) is 10.3. The highest BCUT2D eigenvalue weighted by Crippen LogP contribution is 2.35. The summed E-state index contributed by atoms with van der Waals surface area (Å²) in [4.78, 5) is 38.7. The zero-order valence-corrected chi connectivity index (χ0v) is 17.4. The maximum absolute atomic E-state index is 12.7. The van der Waals surface area contributed by atoms with Crippen molar-refractivity contribution in [1.82, 2.24) is 9.21 Å². The highest BCUT2D eigenvalue weighted by Gasteiger charge is 2.46. The minimum atomic E-state index is -3.57. The molecule has 0 spiro atoms. The fraction of sp³-hybridized carbons (Fsp3) is 0.476. The maximum atomic E-state index is 12.7. The zero-order chi connectivity index (χ0) is 21.3. The predicted octanol–water partition coefficient (Wildman–Crippen LogP) is 1.75. The number of hydrogen-bond acceptors (Lipinski definition) is 5. The molecule has 4 rings (SSSR count). The van der Waals surface area contributed by atoms with Crippen LogP contribution >= 0.6 is 0 Å². The second-order valence-electron chi connectivity index (χ2n) is 7.92. The average molecular weight is 432 g/mol. The average Bonchev–Trinajstić information content (AvgIpc) is 3.36. The van der Waals surface area contributed by atoms with E-state index in [-0.39, 0.29) is 47.4 Å². The van der Waals surface area contributed by atoms with Crippen molar-refractivity contribution in [3.05, 3.63) is 36.4 Å². The monoisotopic (exact) mass is 431 g/mol. The predicted molar refractivity (Wildman–Crippen MR) is 110 cm³/mol. The van der Waals surface area contributed by atoms with Crippen molar-refractivity contribution in [2.75, 3.05) is 25.0 Å². The van der Waals surface area contributed by atoms with Crippen molar-refractivity contribution >= 4 is 33.4 Å². The molecule has 1 aromatic carbocycles. The lowest BCUT2D eigenvalue weighted by atomic mass is 9.85. The Morgan fingerprint density at radius 3 is 2.30 bits per heavy atom. The number of benzene rings is 1. The number of sulfonamides is 1. The van der Waals surface area contributed by atoms with Crippen molar-refractivity contribution in [1.29, 1.82) is 0 Å². The number of imide groups is 1. The van der Waals surface area contributed by atoms with Crippen molar-refractivity contribution in [3.63, 3.8) is 0 Å². The maximum Gasteiger partial charge on any atom is 0.243 e. The van der Waals surface area contributed by atoms with E-state index >= 15 is 0 Å². The van der Waals surface area contributed by atoms with Gasteiger partial charge in [0.05, 0.1) is 16.7 Å². The number of carbonyl (C=O) groups is 3. The number of anilines is 1. The fourth-order valence-corrected chi connectivity index (χ4v) is 5.90. The van der Waals surface area contributed by atoms with Gasteiger partial charge in [0.1, 0.15) is 0 Å². The first kappa shape index (κ1) is 20.7. The van der Waals surface area contributed by atoms with E-state index in [2.05, 4.69) is 5.32 Å². The molecule has 30 heavy (non-hydrogen) atoms. The van der Waals surface area contributed by atoms with Crippen molar-refractivity contribution in [2.24, 2.45) is 11.8 Å². The summed E-state index contributed by atoms with van der Waals surface area (Å²) < 4.78 is 26.8. The second kappa shape index (κ2) is 8.31. The highest BCUT2D eigenvalue weighted by molar-refractivity contribution is 7.89. The normalized spacial score (nSPS) is 24.3. The molecule has 2 heterocycles. The van der Waals surface area contributed by atoms with Gasteiger partial charge in [-0.2, -0.15) is 4.31 Å². The van der Waals surface area contributed by atoms with Gasteiger partial charge in [-0.15, -0.1) is 0 Å². The molecule has 2 unspecified atom stereocenters. The molecule has 2 saturated heterocycles. The Bertz CT molecular complexity index is 972. The number of allylic oxidation sites excluding steroid dienone is 2. The van der Waals surface area contributed by atoms with Gasteiger partial charge in [0.15, 0.2) is 0 Å². The molecule has 1 aromatic rings. The van der Waals surface area contributed by atoms with Crippen LogP contribution in [0.3, 0.4) is 0 Å². The van der Waals surface area contributed by atoms with Gasteiger partial charge in [0.2, 0.25) is 27.7 Å². The second-order valence-corrected chi connectivity index (χ2v) is 9.86. The molecular weight excluding hydrogens is 406 g/mol. The molecule has 3 aliphatic rings. The third-order valence-electron chi connectivity index (χ3n) is 5.98. The van der Waals surface area contributed by atoms with Crippen molar-refractivity contribution in [2.45, 2.75) is 37.0 Å². The molecule has 8 nitrogen and oxygen atoms in total. The number of carbonyl (C=O) groups excluding carboxylic acids is 3. The van der Waals surface area contributed by atoms with Crippen LogP contribution in [0.4, 0.5) is 5.69 Å². The smallest absolute Gasteiger partial charge is 0.243 e. The molecule has 9 heteroatoms. The number of nitrogens with one attached hydrogen (secondary N) is 1. The number of hydrogen-bond donors (Lipinski definition) is 1. The van der Waals surface area contributed by atoms with E-state index in [0.717, 1.165) is 12.8 Å². The number of nitrogens with zero attached hydrogens (tertiary/aromatic N) is 2. The number of rotatable bonds is 6. The number of fused-ring (bicyclic) bond motifs is 1. The van der Waals surface area contributed by atoms with Crippen LogP contribution < -0.4 is 5.32 Å². The van der Waals surface area contributed by atoms with Crippen LogP contribution in [0.15, 0.2) is 41.3 Å². The van der Waals surface area contributed by atoms with Crippen LogP contribution in [0.1, 0.15) is 32.1 Å². The van der Waals surface area contributed by atoms with Crippen LogP contribution in [0.2, 0.25) is 0 Å². The molecule has 2 atom stereocenters. The van der Waals surface area contributed by atoms with E-state index in [1.807, 2.05) is 12.2 Å². The molecule has 3 amide bonds. The van der Waals surface area contributed by atoms with Crippen LogP contribution in [0.25, 0.3) is 0 Å². The summed E-state index contributed by atoms with van der Waals surface area (Å²) in [6.07, 6.45) is 6.64. The van der Waals surface area contributed by atoms with E-state index in [4.69, 9.17) is 0 Å². The summed E-state index contributed by atoms with van der Waals surface area (Å²) >= 11 is 0. The molecule has 2 aliphatic heterocycles. The first-order valence-corrected chi connectivity index (χ1v) is 11.7. The Balaban J connectivity index is 1.37. The SMILES string of the molecule is O=C(CCN1C(=O)C2CC=CCC2C1=O)Nc1cccc(S(=O)(=O)N2CCCC2)c1. The van der Waals surface area contributed by atoms with Gasteiger partial charge < -0.3 is 5.32 Å². The van der Waals surface area contributed by atoms with Gasteiger partial charge in [0, 0.05) is 31.7 Å². The Morgan fingerprint density at radius 1 is 1.03 bits per heavy atom. The van der Waals surface area contributed by atoms with Crippen molar-refractivity contribution in [3.8, 4) is 0 Å². The Kier molecular flexibility index (Phi) is 5.75. The van der Waals surface area contributed by atoms with Gasteiger partial charge in [-0.25, -0.2) is 8.42 Å². The molecule has 2 fully saturated rings. The quantitative estimate of drug-likeness (QED) is 0.546. The molecule has 160 valence electrons. The van der Waals surface area contributed by atoms with Crippen LogP contribution in [-0.2, 0) is 24.4 Å². The van der Waals surface area contributed by atoms with Gasteiger partial charge >= 0.3 is 0 Å². The molecule has 0 radical (unpaired) electrons. The number of likely N-dealkylation sites (tertiary alicyclic amines) is 1. The standard InChI is InChI=1S/C21H25N3O5S/c25-19(10-13-24-20(26)17-8-1-2-9-18(17)21(24)27)22-15-6-5-7-16(14-15)30(28,29)23-11-3-4-12-23/h1-2,5-7,14,17-18H,3-4,8-13H2,(H,22,25). The largest absolute Gasteiger partial charge is 0.326 e. The van der Waals surface area contributed by atoms with Gasteiger partial charge in [-0.05, 0) is 43.9 Å². The minimum Gasteiger partial charge on any atom is -0.326 e. The fourth-order valence-electron chi connectivity index (χ4n) is 4.34. The number of amides is 3. The van der Waals surface area contributed by atoms with Gasteiger partial charge in [-0.3, -0.25) is 19.3 Å². The molecule has 0 bridgehead atoms. The molecule has 0 aromatic heterocycles. The lowest BCUT2D eigenvalue weighted by molar-refractivity contribution is -0.140. The highest BCUT2D eigenvalue weighted by atomic mass is 32.2. The lowest BCUT2D eigenvalue weighted by Gasteiger charge is -2.17. The molecule has 0 saturated carbocycles. The summed E-state index contributed by atoms with van der Waals surface area (Å²) in [5, 5.41) is 2.68. The Hall–Kier alpha value is -2.52. The zero-order valence-electron chi connectivity index (χ0n) is 16.6. The van der Waals surface area contributed by atoms with E-state index < -0.39 is 10.0 Å². The topological polar surface area (TPSA) is 104 Å². The molecular formula is C21H25N3O5S. The molecule has 1 aliphatic carbocycles. The van der Waals surface area contributed by atoms with E-state index in [9.17, 15) is 22.8 Å². The third kappa shape index (κ3) is 3.91. The molecule has 1 N–H and O–H groups in total. The summed E-state index contributed by atoms with van der Waals surface area (Å²) in [7, 11) is -3.57. The van der Waals surface area contributed by atoms with Crippen LogP contribution in [0, 0.1) is 11.8 Å². The summed E-state index contributed by atoms with van der Waals surface area (Å²) in [5.74, 6) is -1.41. The van der Waals surface area contributed by atoms with Gasteiger partial charge in [0.25, 0.3) is 0 Å². The van der Waals surface area contributed by atoms with E-state index in [1.54, 1.807) is 12.1 Å². The van der Waals surface area contributed by atoms with Crippen LogP contribution in [-0.4, -0.2) is 55.0 Å². The Morgan fingerprint density at radius 2 is 1.67 bits per heavy atom. The first-order chi connectivity index (χ1) is 14.4. The minimum absolute atomic E-state index is 0.0300. The summed E-state index contributed by atoms with van der Waals surface area (Å²) in [6, 6.07) is 6.16. The van der Waals surface area contributed by atoms with Gasteiger partial charge in [-0.1, -0.05) is 18.2 Å². The Labute approximate surface area is 176 Å². The van der Waals surface area contributed by atoms with Crippen molar-refractivity contribution < 1.29 is 22.8 Å². The third-order valence-corrected chi connectivity index (χ3v) is 7.88. The lowest BCUT2D eigenvalue weighted by Crippen LogP contribution is -2.34. The summed E-state index contributed by atoms with van der Waals surface area (Å²) in [5.41, 5.74) is 0.372. The van der Waals surface area contributed by atoms with E-state index in [0.29, 0.717) is 31.6 Å². The summed E-state index contributed by atoms with van der Waals surface area (Å²) in [6.45, 7) is 1.05. The van der Waals surface area contributed by atoms with Crippen LogP contribution in [0.5, 0.6) is 0 Å². The van der Waals surface area contributed by atoms with E-state index in [1.165, 1.54) is 21.3 Å².